The lowest BCUT2D eigenvalue weighted by Gasteiger charge is -2.08. The minimum atomic E-state index is -0.244. The van der Waals surface area contributed by atoms with Gasteiger partial charge in [0.15, 0.2) is 0 Å². The molecule has 0 spiro atoms. The second-order valence-electron chi connectivity index (χ2n) is 4.52. The van der Waals surface area contributed by atoms with E-state index < -0.39 is 0 Å². The van der Waals surface area contributed by atoms with E-state index in [9.17, 15) is 4.79 Å². The van der Waals surface area contributed by atoms with Crippen molar-refractivity contribution in [3.63, 3.8) is 0 Å². The Morgan fingerprint density at radius 2 is 1.85 bits per heavy atom. The zero-order valence-electron chi connectivity index (χ0n) is 11.4. The van der Waals surface area contributed by atoms with Crippen molar-refractivity contribution in [2.75, 3.05) is 5.32 Å². The van der Waals surface area contributed by atoms with Gasteiger partial charge in [-0.05, 0) is 36.2 Å². The Morgan fingerprint density at radius 1 is 1.15 bits per heavy atom. The number of benzene rings is 1. The van der Waals surface area contributed by atoms with E-state index in [1.54, 1.807) is 6.20 Å². The maximum Gasteiger partial charge on any atom is 0.319 e. The van der Waals surface area contributed by atoms with Gasteiger partial charge in [-0.25, -0.2) is 4.79 Å². The van der Waals surface area contributed by atoms with E-state index in [-0.39, 0.29) is 6.03 Å². The molecular weight excluding hydrogens is 252 g/mol. The van der Waals surface area contributed by atoms with Crippen LogP contribution < -0.4 is 16.4 Å². The first-order valence-electron chi connectivity index (χ1n) is 6.43. The number of hydrogen-bond donors (Lipinski definition) is 3. The minimum Gasteiger partial charge on any atom is -0.334 e. The molecule has 0 fully saturated rings. The van der Waals surface area contributed by atoms with Crippen LogP contribution in [-0.4, -0.2) is 11.0 Å². The molecule has 5 heteroatoms. The highest BCUT2D eigenvalue weighted by Crippen LogP contribution is 2.08. The number of aryl methyl sites for hydroxylation is 1. The summed E-state index contributed by atoms with van der Waals surface area (Å²) in [6.07, 6.45) is 1.76. The van der Waals surface area contributed by atoms with Gasteiger partial charge >= 0.3 is 6.03 Å². The Labute approximate surface area is 118 Å². The highest BCUT2D eigenvalue weighted by Gasteiger charge is 2.02. The second-order valence-corrected chi connectivity index (χ2v) is 4.52. The second kappa shape index (κ2) is 6.68. The van der Waals surface area contributed by atoms with Crippen molar-refractivity contribution in [1.82, 2.24) is 10.3 Å². The van der Waals surface area contributed by atoms with Crippen molar-refractivity contribution in [1.29, 1.82) is 0 Å². The first-order valence-corrected chi connectivity index (χ1v) is 6.43. The lowest BCUT2D eigenvalue weighted by atomic mass is 10.2. The normalized spacial score (nSPS) is 10.1. The number of anilines is 1. The van der Waals surface area contributed by atoms with Crippen LogP contribution in [0.25, 0.3) is 0 Å². The molecule has 2 rings (SSSR count). The third kappa shape index (κ3) is 4.07. The van der Waals surface area contributed by atoms with Crippen LogP contribution >= 0.6 is 0 Å². The van der Waals surface area contributed by atoms with Gasteiger partial charge in [-0.2, -0.15) is 0 Å². The molecule has 0 atom stereocenters. The molecule has 20 heavy (non-hydrogen) atoms. The van der Waals surface area contributed by atoms with Gasteiger partial charge in [0.1, 0.15) is 0 Å². The molecule has 0 bridgehead atoms. The number of aromatic nitrogens is 1. The predicted octanol–water partition coefficient (Wildman–Crippen LogP) is 2.17. The molecule has 1 aromatic heterocycles. The maximum absolute atomic E-state index is 11.7. The van der Waals surface area contributed by atoms with Gasteiger partial charge in [0.2, 0.25) is 0 Å². The average molecular weight is 270 g/mol. The quantitative estimate of drug-likeness (QED) is 0.796. The molecule has 0 saturated carbocycles. The Hall–Kier alpha value is -2.40. The zero-order chi connectivity index (χ0) is 14.4. The molecule has 5 nitrogen and oxygen atoms in total. The number of pyridine rings is 1. The largest absolute Gasteiger partial charge is 0.334 e. The van der Waals surface area contributed by atoms with Gasteiger partial charge in [0.25, 0.3) is 0 Å². The molecule has 1 aromatic carbocycles. The Balaban J connectivity index is 1.84. The topological polar surface area (TPSA) is 80.0 Å². The van der Waals surface area contributed by atoms with Crippen LogP contribution in [0, 0.1) is 6.92 Å². The van der Waals surface area contributed by atoms with E-state index in [2.05, 4.69) is 15.6 Å². The summed E-state index contributed by atoms with van der Waals surface area (Å²) in [7, 11) is 0. The van der Waals surface area contributed by atoms with E-state index >= 15 is 0 Å². The molecule has 2 amide bonds. The molecule has 0 aliphatic rings. The van der Waals surface area contributed by atoms with E-state index in [0.717, 1.165) is 22.5 Å². The molecule has 0 aliphatic carbocycles. The Morgan fingerprint density at radius 3 is 2.45 bits per heavy atom. The molecule has 104 valence electrons. The molecule has 2 aromatic rings. The van der Waals surface area contributed by atoms with Crippen molar-refractivity contribution >= 4 is 11.7 Å². The molecule has 1 heterocycles. The maximum atomic E-state index is 11.7. The lowest BCUT2D eigenvalue weighted by Crippen LogP contribution is -2.28. The lowest BCUT2D eigenvalue weighted by molar-refractivity contribution is 0.251. The smallest absolute Gasteiger partial charge is 0.319 e. The predicted molar refractivity (Wildman–Crippen MR) is 79.2 cm³/mol. The van der Waals surface area contributed by atoms with E-state index in [1.165, 1.54) is 0 Å². The van der Waals surface area contributed by atoms with Gasteiger partial charge in [-0.15, -0.1) is 0 Å². The van der Waals surface area contributed by atoms with Crippen molar-refractivity contribution in [3.8, 4) is 0 Å². The van der Waals surface area contributed by atoms with Crippen molar-refractivity contribution in [3.05, 3.63) is 59.4 Å². The zero-order valence-corrected chi connectivity index (χ0v) is 11.4. The number of nitrogens with two attached hydrogens (primary N) is 1. The summed E-state index contributed by atoms with van der Waals surface area (Å²) < 4.78 is 0. The Bertz CT molecular complexity index is 563. The summed E-state index contributed by atoms with van der Waals surface area (Å²) in [5, 5.41) is 5.54. The molecule has 4 N–H and O–H groups in total. The van der Waals surface area contributed by atoms with E-state index in [1.807, 2.05) is 43.3 Å². The van der Waals surface area contributed by atoms with E-state index in [4.69, 9.17) is 5.73 Å². The summed E-state index contributed by atoms with van der Waals surface area (Å²) in [5.41, 5.74) is 9.20. The summed E-state index contributed by atoms with van der Waals surface area (Å²) in [5.74, 6) is 0. The standard InChI is InChI=1S/C15H18N4O/c1-11-2-3-13(9-17-11)10-18-15(20)19-14-6-4-12(8-16)5-7-14/h2-7,9H,8,10,16H2,1H3,(H2,18,19,20). The van der Waals surface area contributed by atoms with Crippen LogP contribution in [-0.2, 0) is 13.1 Å². The number of nitrogens with one attached hydrogen (secondary N) is 2. The highest BCUT2D eigenvalue weighted by molar-refractivity contribution is 5.89. The summed E-state index contributed by atoms with van der Waals surface area (Å²) in [6.45, 7) is 2.86. The van der Waals surface area contributed by atoms with Crippen LogP contribution in [0.2, 0.25) is 0 Å². The Kier molecular flexibility index (Phi) is 4.68. The molecule has 0 aliphatic heterocycles. The SMILES string of the molecule is Cc1ccc(CNC(=O)Nc2ccc(CN)cc2)cn1. The van der Waals surface area contributed by atoms with Gasteiger partial charge in [-0.1, -0.05) is 18.2 Å². The van der Waals surface area contributed by atoms with Crippen LogP contribution in [0.1, 0.15) is 16.8 Å². The monoisotopic (exact) mass is 270 g/mol. The van der Waals surface area contributed by atoms with Crippen LogP contribution in [0.4, 0.5) is 10.5 Å². The van der Waals surface area contributed by atoms with E-state index in [0.29, 0.717) is 13.1 Å². The number of nitrogens with zero attached hydrogens (tertiary/aromatic N) is 1. The fraction of sp³-hybridized carbons (Fsp3) is 0.200. The fourth-order valence-electron chi connectivity index (χ4n) is 1.68. The molecule has 0 radical (unpaired) electrons. The molecular formula is C15H18N4O. The minimum absolute atomic E-state index is 0.244. The third-order valence-electron chi connectivity index (χ3n) is 2.87. The number of amides is 2. The summed E-state index contributed by atoms with van der Waals surface area (Å²) >= 11 is 0. The van der Waals surface area contributed by atoms with Crippen molar-refractivity contribution < 1.29 is 4.79 Å². The fourth-order valence-corrected chi connectivity index (χ4v) is 1.68. The third-order valence-corrected chi connectivity index (χ3v) is 2.87. The first kappa shape index (κ1) is 14.0. The first-order chi connectivity index (χ1) is 9.67. The highest BCUT2D eigenvalue weighted by atomic mass is 16.2. The van der Waals surface area contributed by atoms with Crippen LogP contribution in [0.15, 0.2) is 42.6 Å². The molecule has 0 unspecified atom stereocenters. The van der Waals surface area contributed by atoms with Crippen LogP contribution in [0.3, 0.4) is 0 Å². The van der Waals surface area contributed by atoms with Crippen molar-refractivity contribution in [2.24, 2.45) is 5.73 Å². The molecule has 0 saturated heterocycles. The summed E-state index contributed by atoms with van der Waals surface area (Å²) in [6, 6.07) is 11.0. The number of urea groups is 1. The number of carbonyl (C=O) groups is 1. The van der Waals surface area contributed by atoms with Crippen molar-refractivity contribution in [2.45, 2.75) is 20.0 Å². The number of carbonyl (C=O) groups excluding carboxylic acids is 1. The van der Waals surface area contributed by atoms with Gasteiger partial charge in [0, 0.05) is 30.7 Å². The van der Waals surface area contributed by atoms with Gasteiger partial charge < -0.3 is 16.4 Å². The average Bonchev–Trinajstić information content (AvgIpc) is 2.47. The number of rotatable bonds is 4. The van der Waals surface area contributed by atoms with Gasteiger partial charge in [-0.3, -0.25) is 4.98 Å². The van der Waals surface area contributed by atoms with Crippen LogP contribution in [0.5, 0.6) is 0 Å². The van der Waals surface area contributed by atoms with Gasteiger partial charge in [0.05, 0.1) is 0 Å². The summed E-state index contributed by atoms with van der Waals surface area (Å²) in [4.78, 5) is 15.9. The number of hydrogen-bond acceptors (Lipinski definition) is 3.